The average molecular weight is 471 g/mol. The van der Waals surface area contributed by atoms with Gasteiger partial charge in [0.25, 0.3) is 5.91 Å². The van der Waals surface area contributed by atoms with Gasteiger partial charge in [0.1, 0.15) is 18.4 Å². The monoisotopic (exact) mass is 471 g/mol. The molecule has 170 valence electrons. The van der Waals surface area contributed by atoms with Crippen molar-refractivity contribution in [3.63, 3.8) is 0 Å². The molecule has 2 rings (SSSR count). The number of hydrogen-bond donors (Lipinski definition) is 2. The van der Waals surface area contributed by atoms with Gasteiger partial charge in [-0.15, -0.1) is 0 Å². The van der Waals surface area contributed by atoms with Gasteiger partial charge in [-0.05, 0) is 29.8 Å². The van der Waals surface area contributed by atoms with E-state index < -0.39 is 63.3 Å². The Labute approximate surface area is 181 Å². The SMILES string of the molecule is N#CCNC(=O)C(CS(=O)(=O)Cc1ccc(F)c(C(F)(F)F)c1)NC(=O)c1ccccc1. The fourth-order valence-corrected chi connectivity index (χ4v) is 4.26. The van der Waals surface area contributed by atoms with Crippen molar-refractivity contribution >= 4 is 21.7 Å². The molecular formula is C20H17F4N3O4S. The molecule has 7 nitrogen and oxygen atoms in total. The lowest BCUT2D eigenvalue weighted by Crippen LogP contribution is -2.50. The summed E-state index contributed by atoms with van der Waals surface area (Å²) in [6.45, 7) is -0.455. The summed E-state index contributed by atoms with van der Waals surface area (Å²) in [6.07, 6.45) is -5.02. The molecule has 0 fully saturated rings. The zero-order chi connectivity index (χ0) is 23.9. The number of sulfone groups is 1. The number of benzene rings is 2. The molecule has 0 aliphatic rings. The highest BCUT2D eigenvalue weighted by molar-refractivity contribution is 7.90. The number of halogens is 4. The highest BCUT2D eigenvalue weighted by Gasteiger charge is 2.35. The van der Waals surface area contributed by atoms with E-state index in [1.54, 1.807) is 24.3 Å². The molecule has 0 saturated heterocycles. The highest BCUT2D eigenvalue weighted by atomic mass is 32.2. The van der Waals surface area contributed by atoms with Crippen LogP contribution in [0.2, 0.25) is 0 Å². The van der Waals surface area contributed by atoms with Crippen LogP contribution in [-0.2, 0) is 26.6 Å². The van der Waals surface area contributed by atoms with Gasteiger partial charge in [0.15, 0.2) is 9.84 Å². The molecule has 2 aromatic carbocycles. The highest BCUT2D eigenvalue weighted by Crippen LogP contribution is 2.32. The second-order valence-corrected chi connectivity index (χ2v) is 8.74. The van der Waals surface area contributed by atoms with E-state index in [9.17, 15) is 35.6 Å². The van der Waals surface area contributed by atoms with E-state index in [1.807, 2.05) is 0 Å². The molecule has 0 bridgehead atoms. The third-order valence-corrected chi connectivity index (χ3v) is 5.76. The van der Waals surface area contributed by atoms with Crippen LogP contribution in [0.4, 0.5) is 17.6 Å². The molecule has 2 N–H and O–H groups in total. The number of carbonyl (C=O) groups is 2. The van der Waals surface area contributed by atoms with E-state index in [-0.39, 0.29) is 11.1 Å². The molecule has 0 aliphatic heterocycles. The molecule has 2 aromatic rings. The lowest BCUT2D eigenvalue weighted by molar-refractivity contribution is -0.140. The largest absolute Gasteiger partial charge is 0.419 e. The predicted molar refractivity (Wildman–Crippen MR) is 105 cm³/mol. The van der Waals surface area contributed by atoms with Gasteiger partial charge in [0.2, 0.25) is 5.91 Å². The minimum absolute atomic E-state index is 0.135. The number of rotatable bonds is 8. The Hall–Kier alpha value is -3.46. The lowest BCUT2D eigenvalue weighted by Gasteiger charge is -2.18. The number of nitrogens with zero attached hydrogens (tertiary/aromatic N) is 1. The number of nitrogens with one attached hydrogen (secondary N) is 2. The van der Waals surface area contributed by atoms with Crippen molar-refractivity contribution in [2.75, 3.05) is 12.3 Å². The van der Waals surface area contributed by atoms with Crippen LogP contribution in [-0.4, -0.2) is 38.6 Å². The summed E-state index contributed by atoms with van der Waals surface area (Å²) >= 11 is 0. The van der Waals surface area contributed by atoms with Gasteiger partial charge >= 0.3 is 6.18 Å². The third kappa shape index (κ3) is 7.05. The van der Waals surface area contributed by atoms with Crippen LogP contribution in [0, 0.1) is 17.1 Å². The zero-order valence-corrected chi connectivity index (χ0v) is 17.1. The zero-order valence-electron chi connectivity index (χ0n) is 16.3. The molecule has 2 amide bonds. The summed E-state index contributed by atoms with van der Waals surface area (Å²) in [5, 5.41) is 13.0. The minimum atomic E-state index is -5.02. The van der Waals surface area contributed by atoms with Gasteiger partial charge in [-0.25, -0.2) is 12.8 Å². The van der Waals surface area contributed by atoms with E-state index in [0.717, 1.165) is 6.07 Å². The maximum Gasteiger partial charge on any atom is 0.419 e. The van der Waals surface area contributed by atoms with Crippen LogP contribution in [0.15, 0.2) is 48.5 Å². The smallest absolute Gasteiger partial charge is 0.341 e. The molecule has 1 unspecified atom stereocenters. The first-order chi connectivity index (χ1) is 14.9. The molecule has 0 spiro atoms. The standard InChI is InChI=1S/C20H17F4N3O4S/c21-16-7-6-13(10-15(16)20(22,23)24)11-32(30,31)12-17(19(29)26-9-8-25)27-18(28)14-4-2-1-3-5-14/h1-7,10,17H,9,11-12H2,(H,26,29)(H,27,28). The molecule has 0 aliphatic carbocycles. The fraction of sp³-hybridized carbons (Fsp3) is 0.250. The summed E-state index contributed by atoms with van der Waals surface area (Å²) in [6, 6.07) is 9.34. The van der Waals surface area contributed by atoms with Gasteiger partial charge in [-0.3, -0.25) is 9.59 Å². The number of hydrogen-bond acceptors (Lipinski definition) is 5. The van der Waals surface area contributed by atoms with Crippen molar-refractivity contribution in [3.8, 4) is 6.07 Å². The maximum atomic E-state index is 13.4. The molecule has 0 saturated carbocycles. The summed E-state index contributed by atoms with van der Waals surface area (Å²) in [4.78, 5) is 24.6. The summed E-state index contributed by atoms with van der Waals surface area (Å²) in [7, 11) is -4.26. The van der Waals surface area contributed by atoms with E-state index in [2.05, 4.69) is 10.6 Å². The van der Waals surface area contributed by atoms with Gasteiger partial charge in [0.05, 0.1) is 23.1 Å². The second-order valence-electron chi connectivity index (χ2n) is 6.63. The van der Waals surface area contributed by atoms with Gasteiger partial charge in [-0.2, -0.15) is 18.4 Å². The second kappa shape index (κ2) is 10.2. The number of amides is 2. The van der Waals surface area contributed by atoms with Gasteiger partial charge in [-0.1, -0.05) is 24.3 Å². The topological polar surface area (TPSA) is 116 Å². The quantitative estimate of drug-likeness (QED) is 0.452. The summed E-state index contributed by atoms with van der Waals surface area (Å²) in [5.74, 6) is -5.17. The van der Waals surface area contributed by atoms with Crippen LogP contribution in [0.5, 0.6) is 0 Å². The Kier molecular flexibility index (Phi) is 7.93. The Bertz CT molecular complexity index is 1130. The van der Waals surface area contributed by atoms with Crippen molar-refractivity contribution in [1.29, 1.82) is 5.26 Å². The first-order valence-electron chi connectivity index (χ1n) is 8.99. The Morgan fingerprint density at radius 3 is 2.34 bits per heavy atom. The van der Waals surface area contributed by atoms with E-state index >= 15 is 0 Å². The van der Waals surface area contributed by atoms with Gasteiger partial charge in [0, 0.05) is 5.56 Å². The van der Waals surface area contributed by atoms with Crippen molar-refractivity contribution in [3.05, 3.63) is 71.0 Å². The average Bonchev–Trinajstić information content (AvgIpc) is 2.72. The number of carbonyl (C=O) groups excluding carboxylic acids is 2. The first-order valence-corrected chi connectivity index (χ1v) is 10.8. The summed E-state index contributed by atoms with van der Waals surface area (Å²) < 4.78 is 77.3. The molecular weight excluding hydrogens is 454 g/mol. The number of alkyl halides is 3. The van der Waals surface area contributed by atoms with Crippen molar-refractivity contribution in [2.45, 2.75) is 18.0 Å². The van der Waals surface area contributed by atoms with Crippen molar-refractivity contribution < 1.29 is 35.6 Å². The minimum Gasteiger partial charge on any atom is -0.341 e. The Morgan fingerprint density at radius 1 is 1.09 bits per heavy atom. The Balaban J connectivity index is 2.24. The molecule has 1 atom stereocenters. The van der Waals surface area contributed by atoms with E-state index in [1.165, 1.54) is 12.1 Å². The molecule has 0 radical (unpaired) electrons. The van der Waals surface area contributed by atoms with Crippen LogP contribution in [0.25, 0.3) is 0 Å². The molecule has 0 heterocycles. The van der Waals surface area contributed by atoms with E-state index in [4.69, 9.17) is 5.26 Å². The molecule has 32 heavy (non-hydrogen) atoms. The maximum absolute atomic E-state index is 13.4. The first kappa shape index (κ1) is 24.8. The van der Waals surface area contributed by atoms with E-state index in [0.29, 0.717) is 12.1 Å². The van der Waals surface area contributed by atoms with Gasteiger partial charge < -0.3 is 10.6 Å². The molecule has 12 heteroatoms. The van der Waals surface area contributed by atoms with Crippen LogP contribution < -0.4 is 10.6 Å². The Morgan fingerprint density at radius 2 is 1.75 bits per heavy atom. The third-order valence-electron chi connectivity index (χ3n) is 4.14. The predicted octanol–water partition coefficient (Wildman–Crippen LogP) is 2.20. The molecule has 0 aromatic heterocycles. The fourth-order valence-electron chi connectivity index (χ4n) is 2.71. The normalized spacial score (nSPS) is 12.5. The van der Waals surface area contributed by atoms with Crippen LogP contribution in [0.1, 0.15) is 21.5 Å². The van der Waals surface area contributed by atoms with Crippen molar-refractivity contribution in [1.82, 2.24) is 10.6 Å². The van der Waals surface area contributed by atoms with Crippen molar-refractivity contribution in [2.24, 2.45) is 0 Å². The number of nitriles is 1. The van der Waals surface area contributed by atoms with Crippen LogP contribution in [0.3, 0.4) is 0 Å². The lowest BCUT2D eigenvalue weighted by atomic mass is 10.1. The summed E-state index contributed by atoms with van der Waals surface area (Å²) in [5.41, 5.74) is -1.83. The van der Waals surface area contributed by atoms with Crippen LogP contribution >= 0.6 is 0 Å².